The molecule has 1 unspecified atom stereocenters. The van der Waals surface area contributed by atoms with E-state index in [2.05, 4.69) is 0 Å². The van der Waals surface area contributed by atoms with E-state index in [-0.39, 0.29) is 12.8 Å². The van der Waals surface area contributed by atoms with E-state index < -0.39 is 17.5 Å². The molecule has 0 aromatic carbocycles. The highest BCUT2D eigenvalue weighted by molar-refractivity contribution is 5.79. The van der Waals surface area contributed by atoms with E-state index in [1.807, 2.05) is 0 Å². The first kappa shape index (κ1) is 11.9. The molecule has 0 aliphatic carbocycles. The van der Waals surface area contributed by atoms with Crippen LogP contribution in [0, 0.1) is 0 Å². The minimum Gasteiger partial charge on any atom is -0.481 e. The molecule has 2 N–H and O–H groups in total. The van der Waals surface area contributed by atoms with Crippen LogP contribution >= 0.6 is 0 Å². The van der Waals surface area contributed by atoms with Gasteiger partial charge in [-0.2, -0.15) is 0 Å². The number of carboxylic acid groups (broad SMARTS) is 2. The molecular weight excluding hydrogens is 174 g/mol. The minimum absolute atomic E-state index is 0.102. The summed E-state index contributed by atoms with van der Waals surface area (Å²) in [4.78, 5) is 22.6. The zero-order chi connectivity index (χ0) is 10.6. The fourth-order valence-corrected chi connectivity index (χ4v) is 0.872. The van der Waals surface area contributed by atoms with Gasteiger partial charge in [-0.3, -0.25) is 14.5 Å². The van der Waals surface area contributed by atoms with Crippen LogP contribution in [0.4, 0.5) is 0 Å². The molecule has 0 amide bonds. The van der Waals surface area contributed by atoms with E-state index >= 15 is 0 Å². The lowest BCUT2D eigenvalue weighted by molar-refractivity contribution is -0.150. The summed E-state index contributed by atoms with van der Waals surface area (Å²) in [6, 6.07) is 0. The van der Waals surface area contributed by atoms with Crippen LogP contribution in [0.2, 0.25) is 0 Å². The fourth-order valence-electron chi connectivity index (χ4n) is 0.872. The zero-order valence-electron chi connectivity index (χ0n) is 8.07. The van der Waals surface area contributed by atoms with Crippen LogP contribution in [-0.4, -0.2) is 46.7 Å². The summed E-state index contributed by atoms with van der Waals surface area (Å²) in [6.45, 7) is 1.51. The first-order valence-electron chi connectivity index (χ1n) is 3.93. The molecule has 5 heteroatoms. The SMILES string of the molecule is CN(C)C(C)(CCC(=O)O)C(=O)O. The smallest absolute Gasteiger partial charge is 0.323 e. The van der Waals surface area contributed by atoms with Crippen LogP contribution in [0.5, 0.6) is 0 Å². The predicted octanol–water partition coefficient (Wildman–Crippen LogP) is 0.256. The van der Waals surface area contributed by atoms with Crippen LogP contribution in [0.1, 0.15) is 19.8 Å². The summed E-state index contributed by atoms with van der Waals surface area (Å²) in [5, 5.41) is 17.3. The number of hydrogen-bond acceptors (Lipinski definition) is 3. The molecule has 0 aromatic heterocycles. The second-order valence-corrected chi connectivity index (χ2v) is 3.37. The van der Waals surface area contributed by atoms with Crippen molar-refractivity contribution in [2.45, 2.75) is 25.3 Å². The summed E-state index contributed by atoms with van der Waals surface area (Å²) in [5.41, 5.74) is -1.10. The van der Waals surface area contributed by atoms with Crippen LogP contribution < -0.4 is 0 Å². The summed E-state index contributed by atoms with van der Waals surface area (Å²) < 4.78 is 0. The van der Waals surface area contributed by atoms with Gasteiger partial charge >= 0.3 is 11.9 Å². The summed E-state index contributed by atoms with van der Waals surface area (Å²) in [7, 11) is 3.24. The molecule has 0 radical (unpaired) electrons. The molecule has 0 aromatic rings. The van der Waals surface area contributed by atoms with E-state index in [1.54, 1.807) is 14.1 Å². The average molecular weight is 189 g/mol. The van der Waals surface area contributed by atoms with Gasteiger partial charge in [-0.05, 0) is 27.4 Å². The first-order chi connectivity index (χ1) is 5.80. The number of likely N-dealkylation sites (N-methyl/N-ethyl adjacent to an activating group) is 1. The third kappa shape index (κ3) is 3.02. The molecule has 0 rings (SSSR count). The lowest BCUT2D eigenvalue weighted by Crippen LogP contribution is -2.48. The molecule has 1 atom stereocenters. The third-order valence-electron chi connectivity index (χ3n) is 2.27. The average Bonchev–Trinajstić information content (AvgIpc) is 1.99. The van der Waals surface area contributed by atoms with Gasteiger partial charge in [-0.15, -0.1) is 0 Å². The Morgan fingerprint density at radius 1 is 1.31 bits per heavy atom. The molecular formula is C8H15NO4. The van der Waals surface area contributed by atoms with Gasteiger partial charge in [0.2, 0.25) is 0 Å². The number of hydrogen-bond donors (Lipinski definition) is 2. The molecule has 5 nitrogen and oxygen atoms in total. The highest BCUT2D eigenvalue weighted by atomic mass is 16.4. The predicted molar refractivity (Wildman–Crippen MR) is 46.6 cm³/mol. The Kier molecular flexibility index (Phi) is 3.87. The lowest BCUT2D eigenvalue weighted by Gasteiger charge is -2.31. The molecule has 0 aliphatic rings. The van der Waals surface area contributed by atoms with Crippen molar-refractivity contribution in [3.63, 3.8) is 0 Å². The van der Waals surface area contributed by atoms with Gasteiger partial charge in [0.05, 0.1) is 0 Å². The Morgan fingerprint density at radius 3 is 2.00 bits per heavy atom. The van der Waals surface area contributed by atoms with Crippen molar-refractivity contribution in [2.24, 2.45) is 0 Å². The standard InChI is InChI=1S/C8H15NO4/c1-8(7(12)13,9(2)3)5-4-6(10)11/h4-5H2,1-3H3,(H,10,11)(H,12,13). The van der Waals surface area contributed by atoms with Gasteiger partial charge in [-0.1, -0.05) is 0 Å². The van der Waals surface area contributed by atoms with Crippen LogP contribution in [0.15, 0.2) is 0 Å². The summed E-state index contributed by atoms with van der Waals surface area (Å²) in [5.74, 6) is -1.98. The molecule has 0 heterocycles. The molecule has 0 fully saturated rings. The Morgan fingerprint density at radius 2 is 1.77 bits per heavy atom. The molecule has 0 aliphatic heterocycles. The van der Waals surface area contributed by atoms with Crippen LogP contribution in [0.3, 0.4) is 0 Å². The second kappa shape index (κ2) is 4.23. The van der Waals surface area contributed by atoms with Gasteiger partial charge in [-0.25, -0.2) is 0 Å². The minimum atomic E-state index is -1.10. The van der Waals surface area contributed by atoms with Crippen molar-refractivity contribution in [2.75, 3.05) is 14.1 Å². The Labute approximate surface area is 77.0 Å². The largest absolute Gasteiger partial charge is 0.481 e. The van der Waals surface area contributed by atoms with Crippen molar-refractivity contribution in [1.82, 2.24) is 4.90 Å². The number of carboxylic acids is 2. The Hall–Kier alpha value is -1.10. The van der Waals surface area contributed by atoms with E-state index in [4.69, 9.17) is 10.2 Å². The maximum Gasteiger partial charge on any atom is 0.323 e. The van der Waals surface area contributed by atoms with E-state index in [9.17, 15) is 9.59 Å². The van der Waals surface area contributed by atoms with Crippen LogP contribution in [0.25, 0.3) is 0 Å². The highest BCUT2D eigenvalue weighted by Gasteiger charge is 2.35. The highest BCUT2D eigenvalue weighted by Crippen LogP contribution is 2.18. The van der Waals surface area contributed by atoms with E-state index in [0.29, 0.717) is 0 Å². The summed E-state index contributed by atoms with van der Waals surface area (Å²) in [6.07, 6.45) is -0.0361. The number of nitrogens with zero attached hydrogens (tertiary/aromatic N) is 1. The second-order valence-electron chi connectivity index (χ2n) is 3.37. The van der Waals surface area contributed by atoms with Crippen molar-refractivity contribution < 1.29 is 19.8 Å². The Balaban J connectivity index is 4.43. The third-order valence-corrected chi connectivity index (χ3v) is 2.27. The van der Waals surface area contributed by atoms with Gasteiger partial charge in [0, 0.05) is 6.42 Å². The molecule has 13 heavy (non-hydrogen) atoms. The maximum atomic E-state index is 10.8. The maximum absolute atomic E-state index is 10.8. The van der Waals surface area contributed by atoms with E-state index in [0.717, 1.165) is 0 Å². The van der Waals surface area contributed by atoms with Gasteiger partial charge in [0.25, 0.3) is 0 Å². The number of carbonyl (C=O) groups is 2. The molecule has 0 saturated heterocycles. The fraction of sp³-hybridized carbons (Fsp3) is 0.750. The quantitative estimate of drug-likeness (QED) is 0.648. The summed E-state index contributed by atoms with van der Waals surface area (Å²) >= 11 is 0. The van der Waals surface area contributed by atoms with Crippen LogP contribution in [-0.2, 0) is 9.59 Å². The normalized spacial score (nSPS) is 15.4. The zero-order valence-corrected chi connectivity index (χ0v) is 8.07. The van der Waals surface area contributed by atoms with Crippen molar-refractivity contribution in [3.05, 3.63) is 0 Å². The monoisotopic (exact) mass is 189 g/mol. The number of rotatable bonds is 5. The first-order valence-corrected chi connectivity index (χ1v) is 3.93. The van der Waals surface area contributed by atoms with Gasteiger partial charge in [0.15, 0.2) is 0 Å². The van der Waals surface area contributed by atoms with Crippen molar-refractivity contribution in [3.8, 4) is 0 Å². The van der Waals surface area contributed by atoms with Crippen molar-refractivity contribution >= 4 is 11.9 Å². The lowest BCUT2D eigenvalue weighted by atomic mass is 9.95. The van der Waals surface area contributed by atoms with Gasteiger partial charge in [0.1, 0.15) is 5.54 Å². The topological polar surface area (TPSA) is 77.8 Å². The molecule has 0 saturated carbocycles. The Bertz CT molecular complexity index is 214. The van der Waals surface area contributed by atoms with Crippen molar-refractivity contribution in [1.29, 1.82) is 0 Å². The van der Waals surface area contributed by atoms with E-state index in [1.165, 1.54) is 11.8 Å². The molecule has 76 valence electrons. The van der Waals surface area contributed by atoms with Gasteiger partial charge < -0.3 is 10.2 Å². The molecule has 0 spiro atoms. The molecule has 0 bridgehead atoms. The number of aliphatic carboxylic acids is 2.